The van der Waals surface area contributed by atoms with Crippen LogP contribution < -0.4 is 5.32 Å². The molecule has 15 heavy (non-hydrogen) atoms. The molecular weight excluding hydrogens is 192 g/mol. The van der Waals surface area contributed by atoms with Gasteiger partial charge in [0.25, 0.3) is 0 Å². The van der Waals surface area contributed by atoms with Crippen molar-refractivity contribution in [1.82, 2.24) is 20.1 Å². The Hall–Kier alpha value is -0.940. The number of hydrogen-bond donors (Lipinski definition) is 1. The van der Waals surface area contributed by atoms with Crippen molar-refractivity contribution in [2.24, 2.45) is 0 Å². The van der Waals surface area contributed by atoms with Gasteiger partial charge in [0.05, 0.1) is 6.61 Å². The van der Waals surface area contributed by atoms with Crippen LogP contribution in [-0.2, 0) is 17.9 Å². The summed E-state index contributed by atoms with van der Waals surface area (Å²) in [7, 11) is 0. The van der Waals surface area contributed by atoms with Gasteiger partial charge in [-0.15, -0.1) is 0 Å². The minimum atomic E-state index is 0.547. The molecule has 0 saturated carbocycles. The summed E-state index contributed by atoms with van der Waals surface area (Å²) >= 11 is 0. The van der Waals surface area contributed by atoms with E-state index in [1.807, 2.05) is 4.68 Å². The maximum Gasteiger partial charge on any atom is 0.152 e. The molecule has 5 heteroatoms. The molecule has 1 aromatic heterocycles. The standard InChI is InChI=1S/C10H20N4O/c1-3-6-14-10(12-9-13-14)8-15-7-5-11-4-2/h9,11H,3-8H2,1-2H3. The molecule has 0 atom stereocenters. The van der Waals surface area contributed by atoms with Crippen molar-refractivity contribution in [1.29, 1.82) is 0 Å². The third-order valence-corrected chi connectivity index (χ3v) is 2.04. The molecule has 0 unspecified atom stereocenters. The number of ether oxygens (including phenoxy) is 1. The first-order valence-electron chi connectivity index (χ1n) is 5.53. The minimum Gasteiger partial charge on any atom is -0.372 e. The molecule has 1 rings (SSSR count). The van der Waals surface area contributed by atoms with Crippen molar-refractivity contribution in [3.8, 4) is 0 Å². The first-order valence-corrected chi connectivity index (χ1v) is 5.53. The fourth-order valence-electron chi connectivity index (χ4n) is 1.28. The third-order valence-electron chi connectivity index (χ3n) is 2.04. The van der Waals surface area contributed by atoms with Crippen molar-refractivity contribution < 1.29 is 4.74 Å². The van der Waals surface area contributed by atoms with Crippen LogP contribution in [0.2, 0.25) is 0 Å². The molecule has 0 radical (unpaired) electrons. The van der Waals surface area contributed by atoms with Gasteiger partial charge in [0.1, 0.15) is 12.9 Å². The molecule has 0 saturated heterocycles. The first kappa shape index (κ1) is 12.1. The smallest absolute Gasteiger partial charge is 0.152 e. The lowest BCUT2D eigenvalue weighted by Crippen LogP contribution is -2.19. The summed E-state index contributed by atoms with van der Waals surface area (Å²) in [5.41, 5.74) is 0. The minimum absolute atomic E-state index is 0.547. The van der Waals surface area contributed by atoms with Gasteiger partial charge in [-0.3, -0.25) is 0 Å². The molecule has 1 N–H and O–H groups in total. The molecular formula is C10H20N4O. The summed E-state index contributed by atoms with van der Waals surface area (Å²) in [6, 6.07) is 0. The Morgan fingerprint density at radius 1 is 1.47 bits per heavy atom. The molecule has 86 valence electrons. The van der Waals surface area contributed by atoms with E-state index in [1.54, 1.807) is 6.33 Å². The van der Waals surface area contributed by atoms with E-state index in [-0.39, 0.29) is 0 Å². The Morgan fingerprint density at radius 3 is 3.07 bits per heavy atom. The van der Waals surface area contributed by atoms with Gasteiger partial charge in [0.2, 0.25) is 0 Å². The number of rotatable bonds is 8. The SMILES string of the molecule is CCCn1ncnc1COCCNCC. The summed E-state index contributed by atoms with van der Waals surface area (Å²) in [6.45, 7) is 8.24. The van der Waals surface area contributed by atoms with Crippen LogP contribution in [0.3, 0.4) is 0 Å². The van der Waals surface area contributed by atoms with E-state index in [4.69, 9.17) is 4.74 Å². The van der Waals surface area contributed by atoms with Gasteiger partial charge in [-0.1, -0.05) is 13.8 Å². The second kappa shape index (κ2) is 7.36. The fourth-order valence-corrected chi connectivity index (χ4v) is 1.28. The molecule has 0 aromatic carbocycles. The van der Waals surface area contributed by atoms with Gasteiger partial charge in [-0.05, 0) is 13.0 Å². The summed E-state index contributed by atoms with van der Waals surface area (Å²) in [6.07, 6.45) is 2.65. The molecule has 0 bridgehead atoms. The summed E-state index contributed by atoms with van der Waals surface area (Å²) < 4.78 is 7.38. The highest BCUT2D eigenvalue weighted by Crippen LogP contribution is 1.97. The number of nitrogens with zero attached hydrogens (tertiary/aromatic N) is 3. The summed E-state index contributed by atoms with van der Waals surface area (Å²) in [4.78, 5) is 4.16. The zero-order valence-electron chi connectivity index (χ0n) is 9.57. The van der Waals surface area contributed by atoms with Crippen LogP contribution in [-0.4, -0.2) is 34.5 Å². The number of aryl methyl sites for hydroxylation is 1. The van der Waals surface area contributed by atoms with Crippen LogP contribution in [0.5, 0.6) is 0 Å². The van der Waals surface area contributed by atoms with Gasteiger partial charge in [0.15, 0.2) is 5.82 Å². The quantitative estimate of drug-likeness (QED) is 0.648. The van der Waals surface area contributed by atoms with E-state index >= 15 is 0 Å². The van der Waals surface area contributed by atoms with Crippen molar-refractivity contribution in [2.75, 3.05) is 19.7 Å². The highest BCUT2D eigenvalue weighted by atomic mass is 16.5. The number of hydrogen-bond acceptors (Lipinski definition) is 4. The van der Waals surface area contributed by atoms with Crippen molar-refractivity contribution in [3.63, 3.8) is 0 Å². The van der Waals surface area contributed by atoms with Crippen molar-refractivity contribution in [3.05, 3.63) is 12.2 Å². The topological polar surface area (TPSA) is 52.0 Å². The van der Waals surface area contributed by atoms with Gasteiger partial charge < -0.3 is 10.1 Å². The monoisotopic (exact) mass is 212 g/mol. The Bertz CT molecular complexity index is 262. The molecule has 0 fully saturated rings. The lowest BCUT2D eigenvalue weighted by molar-refractivity contribution is 0.114. The number of aromatic nitrogens is 3. The zero-order valence-corrected chi connectivity index (χ0v) is 9.57. The van der Waals surface area contributed by atoms with Gasteiger partial charge in [-0.25, -0.2) is 9.67 Å². The van der Waals surface area contributed by atoms with Gasteiger partial charge in [0, 0.05) is 13.1 Å². The molecule has 0 spiro atoms. The molecule has 0 aliphatic rings. The van der Waals surface area contributed by atoms with E-state index in [1.165, 1.54) is 0 Å². The maximum absolute atomic E-state index is 5.48. The van der Waals surface area contributed by atoms with E-state index in [0.717, 1.165) is 31.9 Å². The van der Waals surface area contributed by atoms with E-state index in [0.29, 0.717) is 13.2 Å². The largest absolute Gasteiger partial charge is 0.372 e. The molecule has 1 heterocycles. The Balaban J connectivity index is 2.21. The molecule has 0 aliphatic heterocycles. The molecule has 0 aliphatic carbocycles. The van der Waals surface area contributed by atoms with Crippen molar-refractivity contribution >= 4 is 0 Å². The average molecular weight is 212 g/mol. The van der Waals surface area contributed by atoms with Crippen LogP contribution in [0, 0.1) is 0 Å². The van der Waals surface area contributed by atoms with Gasteiger partial charge >= 0.3 is 0 Å². The molecule has 1 aromatic rings. The van der Waals surface area contributed by atoms with Crippen LogP contribution in [0.4, 0.5) is 0 Å². The first-order chi connectivity index (χ1) is 7.38. The predicted molar refractivity (Wildman–Crippen MR) is 58.5 cm³/mol. The fraction of sp³-hybridized carbons (Fsp3) is 0.800. The summed E-state index contributed by atoms with van der Waals surface area (Å²) in [5.74, 6) is 0.911. The Morgan fingerprint density at radius 2 is 2.33 bits per heavy atom. The highest BCUT2D eigenvalue weighted by molar-refractivity contribution is 4.81. The van der Waals surface area contributed by atoms with E-state index in [2.05, 4.69) is 29.2 Å². The lowest BCUT2D eigenvalue weighted by atomic mass is 10.5. The average Bonchev–Trinajstić information content (AvgIpc) is 2.66. The molecule has 0 amide bonds. The maximum atomic E-state index is 5.48. The number of likely N-dealkylation sites (N-methyl/N-ethyl adjacent to an activating group) is 1. The number of nitrogens with one attached hydrogen (secondary N) is 1. The second-order valence-electron chi connectivity index (χ2n) is 3.31. The van der Waals surface area contributed by atoms with Crippen molar-refractivity contribution in [2.45, 2.75) is 33.4 Å². The summed E-state index contributed by atoms with van der Waals surface area (Å²) in [5, 5.41) is 7.33. The Kier molecular flexibility index (Phi) is 5.96. The van der Waals surface area contributed by atoms with E-state index < -0.39 is 0 Å². The van der Waals surface area contributed by atoms with Crippen LogP contribution in [0.25, 0.3) is 0 Å². The molecule has 5 nitrogen and oxygen atoms in total. The van der Waals surface area contributed by atoms with Gasteiger partial charge in [-0.2, -0.15) is 5.10 Å². The predicted octanol–water partition coefficient (Wildman–Crippen LogP) is 0.814. The van der Waals surface area contributed by atoms with E-state index in [9.17, 15) is 0 Å². The van der Waals surface area contributed by atoms with Crippen LogP contribution in [0.15, 0.2) is 6.33 Å². The highest BCUT2D eigenvalue weighted by Gasteiger charge is 2.02. The second-order valence-corrected chi connectivity index (χ2v) is 3.31. The lowest BCUT2D eigenvalue weighted by Gasteiger charge is -2.05. The normalized spacial score (nSPS) is 10.8. The zero-order chi connectivity index (χ0) is 10.9. The van der Waals surface area contributed by atoms with Crippen LogP contribution >= 0.6 is 0 Å². The Labute approximate surface area is 90.8 Å². The third kappa shape index (κ3) is 4.40. The van der Waals surface area contributed by atoms with Crippen LogP contribution in [0.1, 0.15) is 26.1 Å².